The molecule has 7 heteroatoms. The van der Waals surface area contributed by atoms with Gasteiger partial charge < -0.3 is 19.2 Å². The summed E-state index contributed by atoms with van der Waals surface area (Å²) in [5.41, 5.74) is 2.33. The number of hydrogen-bond donors (Lipinski definition) is 1. The van der Waals surface area contributed by atoms with Crippen molar-refractivity contribution in [1.29, 1.82) is 0 Å². The molecule has 0 bridgehead atoms. The summed E-state index contributed by atoms with van der Waals surface area (Å²) < 4.78 is 10.9. The number of rotatable bonds is 4. The number of nitrogens with one attached hydrogen (secondary N) is 1. The van der Waals surface area contributed by atoms with Gasteiger partial charge in [-0.3, -0.25) is 4.79 Å². The fraction of sp³-hybridized carbons (Fsp3) is 0.421. The molecule has 0 aromatic carbocycles. The molecular weight excluding hydrogens is 332 g/mol. The largest absolute Gasteiger partial charge is 0.463 e. The number of fused-ring (bicyclic) bond motifs is 1. The summed E-state index contributed by atoms with van der Waals surface area (Å²) in [6.45, 7) is 6.38. The summed E-state index contributed by atoms with van der Waals surface area (Å²) in [5, 5.41) is 8.20. The molecule has 0 unspecified atom stereocenters. The minimum absolute atomic E-state index is 0.0141. The molecule has 0 radical (unpaired) electrons. The molecule has 4 rings (SSSR count). The van der Waals surface area contributed by atoms with Gasteiger partial charge in [-0.15, -0.1) is 0 Å². The molecule has 1 atom stereocenters. The number of nitrogens with zero attached hydrogens (tertiary/aromatic N) is 3. The normalized spacial score (nSPS) is 17.8. The molecule has 3 aromatic heterocycles. The Morgan fingerprint density at radius 2 is 2.35 bits per heavy atom. The Morgan fingerprint density at radius 3 is 3.08 bits per heavy atom. The van der Waals surface area contributed by atoms with Crippen LogP contribution in [0.15, 0.2) is 33.4 Å². The van der Waals surface area contributed by atoms with E-state index in [1.54, 1.807) is 18.4 Å². The number of pyridine rings is 1. The molecule has 4 heterocycles. The van der Waals surface area contributed by atoms with Crippen molar-refractivity contribution in [2.24, 2.45) is 0 Å². The van der Waals surface area contributed by atoms with Gasteiger partial charge in [-0.25, -0.2) is 4.98 Å². The number of furan rings is 1. The second-order valence-corrected chi connectivity index (χ2v) is 6.64. The van der Waals surface area contributed by atoms with Gasteiger partial charge in [0.25, 0.3) is 11.6 Å². The maximum atomic E-state index is 13.4. The van der Waals surface area contributed by atoms with Crippen molar-refractivity contribution in [2.75, 3.05) is 19.6 Å². The average molecular weight is 354 g/mol. The zero-order valence-corrected chi connectivity index (χ0v) is 15.0. The smallest absolute Gasteiger partial charge is 0.259 e. The summed E-state index contributed by atoms with van der Waals surface area (Å²) >= 11 is 0. The van der Waals surface area contributed by atoms with Crippen molar-refractivity contribution in [2.45, 2.75) is 32.7 Å². The fourth-order valence-electron chi connectivity index (χ4n) is 3.43. The van der Waals surface area contributed by atoms with Crippen LogP contribution in [0.5, 0.6) is 0 Å². The van der Waals surface area contributed by atoms with Gasteiger partial charge in [0.05, 0.1) is 22.9 Å². The van der Waals surface area contributed by atoms with Crippen LogP contribution in [0.1, 0.15) is 36.3 Å². The SMILES string of the molecule is CCCc1noc2nc(-c3ccco3)cc(C(=O)N3CCNC[C@@H]3C)c12. The first-order valence-corrected chi connectivity index (χ1v) is 9.04. The Labute approximate surface area is 151 Å². The number of hydrogen-bond acceptors (Lipinski definition) is 6. The van der Waals surface area contributed by atoms with Crippen molar-refractivity contribution >= 4 is 17.0 Å². The van der Waals surface area contributed by atoms with Gasteiger partial charge in [0, 0.05) is 25.7 Å². The molecule has 136 valence electrons. The third-order valence-corrected chi connectivity index (χ3v) is 4.77. The van der Waals surface area contributed by atoms with Gasteiger partial charge in [-0.2, -0.15) is 0 Å². The van der Waals surface area contributed by atoms with E-state index in [0.29, 0.717) is 29.3 Å². The van der Waals surface area contributed by atoms with E-state index >= 15 is 0 Å². The van der Waals surface area contributed by atoms with Crippen LogP contribution in [-0.4, -0.2) is 46.6 Å². The number of carbonyl (C=O) groups is 1. The molecule has 0 aliphatic carbocycles. The van der Waals surface area contributed by atoms with Gasteiger partial charge in [-0.1, -0.05) is 18.5 Å². The first-order valence-electron chi connectivity index (χ1n) is 9.04. The lowest BCUT2D eigenvalue weighted by Gasteiger charge is -2.34. The van der Waals surface area contributed by atoms with E-state index in [1.165, 1.54) is 0 Å². The molecule has 3 aromatic rings. The summed E-state index contributed by atoms with van der Waals surface area (Å²) in [5.74, 6) is 0.586. The Hall–Kier alpha value is -2.67. The van der Waals surface area contributed by atoms with Crippen molar-refractivity contribution in [1.82, 2.24) is 20.4 Å². The lowest BCUT2D eigenvalue weighted by molar-refractivity contribution is 0.0657. The predicted molar refractivity (Wildman–Crippen MR) is 96.9 cm³/mol. The van der Waals surface area contributed by atoms with Gasteiger partial charge >= 0.3 is 0 Å². The van der Waals surface area contributed by atoms with E-state index in [9.17, 15) is 4.79 Å². The lowest BCUT2D eigenvalue weighted by Crippen LogP contribution is -2.52. The third kappa shape index (κ3) is 2.88. The standard InChI is InChI=1S/C19H22N4O3/c1-3-5-14-17-13(19(24)23-8-7-20-11-12(23)2)10-15(16-6-4-9-25-16)21-18(17)26-22-14/h4,6,9-10,12,20H,3,5,7-8,11H2,1-2H3/t12-/m0/s1. The highest BCUT2D eigenvalue weighted by molar-refractivity contribution is 6.07. The number of aryl methyl sites for hydroxylation is 1. The van der Waals surface area contributed by atoms with Gasteiger partial charge in [0.15, 0.2) is 5.76 Å². The molecule has 1 amide bonds. The van der Waals surface area contributed by atoms with E-state index in [0.717, 1.165) is 37.0 Å². The quantitative estimate of drug-likeness (QED) is 0.775. The first-order chi connectivity index (χ1) is 12.7. The molecule has 1 N–H and O–H groups in total. The molecule has 0 saturated carbocycles. The van der Waals surface area contributed by atoms with Crippen LogP contribution in [0.25, 0.3) is 22.6 Å². The number of piperazine rings is 1. The molecule has 0 spiro atoms. The second kappa shape index (κ2) is 6.92. The van der Waals surface area contributed by atoms with Crippen LogP contribution in [-0.2, 0) is 6.42 Å². The zero-order valence-electron chi connectivity index (χ0n) is 15.0. The first kappa shape index (κ1) is 16.8. The monoisotopic (exact) mass is 354 g/mol. The Balaban J connectivity index is 1.86. The molecule has 1 fully saturated rings. The number of amides is 1. The molecule has 1 saturated heterocycles. The van der Waals surface area contributed by atoms with Crippen LogP contribution < -0.4 is 5.32 Å². The van der Waals surface area contributed by atoms with E-state index in [-0.39, 0.29) is 11.9 Å². The fourth-order valence-corrected chi connectivity index (χ4v) is 3.43. The predicted octanol–water partition coefficient (Wildman–Crippen LogP) is 2.87. The second-order valence-electron chi connectivity index (χ2n) is 6.64. The average Bonchev–Trinajstić information content (AvgIpc) is 3.31. The maximum absolute atomic E-state index is 13.4. The minimum atomic E-state index is -0.0141. The van der Waals surface area contributed by atoms with Crippen molar-refractivity contribution in [3.8, 4) is 11.5 Å². The molecule has 1 aliphatic heterocycles. The van der Waals surface area contributed by atoms with Gasteiger partial charge in [-0.05, 0) is 31.5 Å². The maximum Gasteiger partial charge on any atom is 0.259 e. The minimum Gasteiger partial charge on any atom is -0.463 e. The van der Waals surface area contributed by atoms with Crippen LogP contribution >= 0.6 is 0 Å². The highest BCUT2D eigenvalue weighted by Gasteiger charge is 2.28. The highest BCUT2D eigenvalue weighted by Crippen LogP contribution is 2.29. The van der Waals surface area contributed by atoms with E-state index in [4.69, 9.17) is 8.94 Å². The Morgan fingerprint density at radius 1 is 1.46 bits per heavy atom. The van der Waals surface area contributed by atoms with Crippen molar-refractivity contribution in [3.63, 3.8) is 0 Å². The highest BCUT2D eigenvalue weighted by atomic mass is 16.5. The van der Waals surface area contributed by atoms with Crippen molar-refractivity contribution in [3.05, 3.63) is 35.7 Å². The summed E-state index contributed by atoms with van der Waals surface area (Å²) in [7, 11) is 0. The zero-order chi connectivity index (χ0) is 18.1. The van der Waals surface area contributed by atoms with Gasteiger partial charge in [0.2, 0.25) is 0 Å². The molecule has 7 nitrogen and oxygen atoms in total. The summed E-state index contributed by atoms with van der Waals surface area (Å²) in [4.78, 5) is 19.8. The molecule has 26 heavy (non-hydrogen) atoms. The third-order valence-electron chi connectivity index (χ3n) is 4.77. The van der Waals surface area contributed by atoms with Crippen LogP contribution in [0, 0.1) is 0 Å². The van der Waals surface area contributed by atoms with Crippen LogP contribution in [0.2, 0.25) is 0 Å². The van der Waals surface area contributed by atoms with Crippen molar-refractivity contribution < 1.29 is 13.7 Å². The number of carbonyl (C=O) groups excluding carboxylic acids is 1. The topological polar surface area (TPSA) is 84.4 Å². The summed E-state index contributed by atoms with van der Waals surface area (Å²) in [6, 6.07) is 5.54. The van der Waals surface area contributed by atoms with Gasteiger partial charge in [0.1, 0.15) is 5.69 Å². The molecular formula is C19H22N4O3. The van der Waals surface area contributed by atoms with E-state index in [2.05, 4.69) is 29.3 Å². The Bertz CT molecular complexity index is 916. The molecule has 1 aliphatic rings. The van der Waals surface area contributed by atoms with Crippen LogP contribution in [0.3, 0.4) is 0 Å². The lowest BCUT2D eigenvalue weighted by atomic mass is 10.0. The van der Waals surface area contributed by atoms with Crippen LogP contribution in [0.4, 0.5) is 0 Å². The summed E-state index contributed by atoms with van der Waals surface area (Å²) in [6.07, 6.45) is 3.25. The number of aromatic nitrogens is 2. The van der Waals surface area contributed by atoms with E-state index in [1.807, 2.05) is 11.0 Å². The Kier molecular flexibility index (Phi) is 4.46. The van der Waals surface area contributed by atoms with E-state index < -0.39 is 0 Å².